The summed E-state index contributed by atoms with van der Waals surface area (Å²) in [5.74, 6) is -1.33. The van der Waals surface area contributed by atoms with Crippen molar-refractivity contribution in [1.29, 1.82) is 0 Å². The standard InChI is InChI=1S/C14H18N2O3/c1-8-5-9(2)15-12(6-8)13(17)16-11-4-3-10(7-11)14(18)19/h5-6,10-11H,3-4,7H2,1-2H3,(H,16,17)(H,18,19)/t10-,11+/m1/s1. The maximum absolute atomic E-state index is 12.1. The molecule has 0 aromatic carbocycles. The molecule has 5 nitrogen and oxygen atoms in total. The van der Waals surface area contributed by atoms with Gasteiger partial charge < -0.3 is 10.4 Å². The molecule has 0 unspecified atom stereocenters. The van der Waals surface area contributed by atoms with Crippen molar-refractivity contribution >= 4 is 11.9 Å². The van der Waals surface area contributed by atoms with Crippen molar-refractivity contribution in [3.8, 4) is 0 Å². The topological polar surface area (TPSA) is 79.3 Å². The van der Waals surface area contributed by atoms with Crippen LogP contribution in [-0.4, -0.2) is 28.0 Å². The first-order chi connectivity index (χ1) is 8.95. The van der Waals surface area contributed by atoms with E-state index in [9.17, 15) is 9.59 Å². The van der Waals surface area contributed by atoms with E-state index in [1.165, 1.54) is 0 Å². The van der Waals surface area contributed by atoms with Crippen molar-refractivity contribution in [3.63, 3.8) is 0 Å². The molecule has 0 spiro atoms. The minimum absolute atomic E-state index is 0.0591. The first kappa shape index (κ1) is 13.5. The number of pyridine rings is 1. The number of nitrogens with zero attached hydrogens (tertiary/aromatic N) is 1. The zero-order chi connectivity index (χ0) is 14.0. The molecule has 0 saturated heterocycles. The summed E-state index contributed by atoms with van der Waals surface area (Å²) >= 11 is 0. The van der Waals surface area contributed by atoms with Crippen LogP contribution in [0.5, 0.6) is 0 Å². The Labute approximate surface area is 112 Å². The van der Waals surface area contributed by atoms with Gasteiger partial charge in [0.25, 0.3) is 5.91 Å². The number of rotatable bonds is 3. The van der Waals surface area contributed by atoms with Crippen LogP contribution in [0.4, 0.5) is 0 Å². The second kappa shape index (κ2) is 5.38. The van der Waals surface area contributed by atoms with Crippen molar-refractivity contribution < 1.29 is 14.7 Å². The van der Waals surface area contributed by atoms with Crippen LogP contribution in [0.15, 0.2) is 12.1 Å². The highest BCUT2D eigenvalue weighted by Crippen LogP contribution is 2.25. The number of hydrogen-bond acceptors (Lipinski definition) is 3. The summed E-state index contributed by atoms with van der Waals surface area (Å²) in [5, 5.41) is 11.8. The van der Waals surface area contributed by atoms with E-state index in [0.717, 1.165) is 11.3 Å². The van der Waals surface area contributed by atoms with Gasteiger partial charge in [0.2, 0.25) is 0 Å². The summed E-state index contributed by atoms with van der Waals surface area (Å²) in [6, 6.07) is 3.59. The van der Waals surface area contributed by atoms with Gasteiger partial charge in [0.05, 0.1) is 5.92 Å². The number of aromatic nitrogens is 1. The van der Waals surface area contributed by atoms with E-state index in [4.69, 9.17) is 5.11 Å². The number of aryl methyl sites for hydroxylation is 2. The number of carboxylic acids is 1. The fourth-order valence-electron chi connectivity index (χ4n) is 2.55. The van der Waals surface area contributed by atoms with Crippen molar-refractivity contribution in [2.75, 3.05) is 0 Å². The zero-order valence-electron chi connectivity index (χ0n) is 11.1. The number of nitrogens with one attached hydrogen (secondary N) is 1. The molecule has 2 atom stereocenters. The van der Waals surface area contributed by atoms with E-state index in [0.29, 0.717) is 25.0 Å². The number of hydrogen-bond donors (Lipinski definition) is 2. The van der Waals surface area contributed by atoms with Crippen LogP contribution in [0.1, 0.15) is 41.0 Å². The molecule has 1 aromatic heterocycles. The van der Waals surface area contributed by atoms with Crippen LogP contribution in [0.25, 0.3) is 0 Å². The maximum Gasteiger partial charge on any atom is 0.306 e. The van der Waals surface area contributed by atoms with Crippen LogP contribution < -0.4 is 5.32 Å². The van der Waals surface area contributed by atoms with E-state index < -0.39 is 5.97 Å². The van der Waals surface area contributed by atoms with Gasteiger partial charge in [0.15, 0.2) is 0 Å². The van der Waals surface area contributed by atoms with Gasteiger partial charge in [-0.05, 0) is 50.8 Å². The smallest absolute Gasteiger partial charge is 0.306 e. The van der Waals surface area contributed by atoms with Crippen molar-refractivity contribution in [3.05, 3.63) is 29.1 Å². The molecule has 102 valence electrons. The maximum atomic E-state index is 12.1. The lowest BCUT2D eigenvalue weighted by Gasteiger charge is -2.12. The Kier molecular flexibility index (Phi) is 3.83. The summed E-state index contributed by atoms with van der Waals surface area (Å²) in [7, 11) is 0. The molecule has 1 fully saturated rings. The summed E-state index contributed by atoms with van der Waals surface area (Å²) in [4.78, 5) is 27.1. The van der Waals surface area contributed by atoms with Crippen molar-refractivity contribution in [1.82, 2.24) is 10.3 Å². The van der Waals surface area contributed by atoms with Gasteiger partial charge in [-0.2, -0.15) is 0 Å². The van der Waals surface area contributed by atoms with Gasteiger partial charge in [-0.15, -0.1) is 0 Å². The van der Waals surface area contributed by atoms with Crippen molar-refractivity contribution in [2.45, 2.75) is 39.2 Å². The van der Waals surface area contributed by atoms with Crippen LogP contribution in [-0.2, 0) is 4.79 Å². The van der Waals surface area contributed by atoms with E-state index in [-0.39, 0.29) is 17.9 Å². The van der Waals surface area contributed by atoms with Crippen LogP contribution in [0.3, 0.4) is 0 Å². The second-order valence-electron chi connectivity index (χ2n) is 5.19. The number of aliphatic carboxylic acids is 1. The molecule has 1 aromatic rings. The lowest BCUT2D eigenvalue weighted by Crippen LogP contribution is -2.34. The normalized spacial score (nSPS) is 22.2. The Balaban J connectivity index is 2.00. The molecule has 1 aliphatic rings. The third kappa shape index (κ3) is 3.30. The Morgan fingerprint density at radius 1 is 1.32 bits per heavy atom. The first-order valence-corrected chi connectivity index (χ1v) is 6.44. The third-order valence-electron chi connectivity index (χ3n) is 3.45. The summed E-state index contributed by atoms with van der Waals surface area (Å²) in [5.41, 5.74) is 2.20. The number of carboxylic acid groups (broad SMARTS) is 1. The van der Waals surface area contributed by atoms with Crippen molar-refractivity contribution in [2.24, 2.45) is 5.92 Å². The molecule has 1 heterocycles. The van der Waals surface area contributed by atoms with Gasteiger partial charge in [0.1, 0.15) is 5.69 Å². The molecule has 2 N–H and O–H groups in total. The number of carbonyl (C=O) groups is 2. The predicted molar refractivity (Wildman–Crippen MR) is 69.9 cm³/mol. The van der Waals surface area contributed by atoms with Gasteiger partial charge in [-0.25, -0.2) is 4.98 Å². The third-order valence-corrected chi connectivity index (χ3v) is 3.45. The molecule has 19 heavy (non-hydrogen) atoms. The van der Waals surface area contributed by atoms with Gasteiger partial charge in [-0.3, -0.25) is 9.59 Å². The number of carbonyl (C=O) groups excluding carboxylic acids is 1. The molecule has 2 rings (SSSR count). The quantitative estimate of drug-likeness (QED) is 0.868. The molecule has 1 aliphatic carbocycles. The first-order valence-electron chi connectivity index (χ1n) is 6.44. The molecule has 0 bridgehead atoms. The largest absolute Gasteiger partial charge is 0.481 e. The molecule has 5 heteroatoms. The van der Waals surface area contributed by atoms with E-state index >= 15 is 0 Å². The van der Waals surface area contributed by atoms with Crippen LogP contribution in [0, 0.1) is 19.8 Å². The molecule has 1 amide bonds. The summed E-state index contributed by atoms with van der Waals surface area (Å²) in [6.45, 7) is 3.77. The van der Waals surface area contributed by atoms with E-state index in [2.05, 4.69) is 10.3 Å². The highest BCUT2D eigenvalue weighted by Gasteiger charge is 2.30. The summed E-state index contributed by atoms with van der Waals surface area (Å²) < 4.78 is 0. The van der Waals surface area contributed by atoms with Gasteiger partial charge in [0, 0.05) is 11.7 Å². The fraction of sp³-hybridized carbons (Fsp3) is 0.500. The second-order valence-corrected chi connectivity index (χ2v) is 5.19. The zero-order valence-corrected chi connectivity index (χ0v) is 11.1. The Bertz CT molecular complexity index is 493. The lowest BCUT2D eigenvalue weighted by atomic mass is 10.1. The highest BCUT2D eigenvalue weighted by atomic mass is 16.4. The Hall–Kier alpha value is -1.91. The van der Waals surface area contributed by atoms with E-state index in [1.807, 2.05) is 19.9 Å². The predicted octanol–water partition coefficient (Wildman–Crippen LogP) is 1.68. The minimum atomic E-state index is -0.777. The molecule has 0 aliphatic heterocycles. The Morgan fingerprint density at radius 3 is 2.63 bits per heavy atom. The van der Waals surface area contributed by atoms with E-state index in [1.54, 1.807) is 6.07 Å². The average molecular weight is 262 g/mol. The van der Waals surface area contributed by atoms with Gasteiger partial charge in [-0.1, -0.05) is 0 Å². The van der Waals surface area contributed by atoms with Crippen LogP contribution >= 0.6 is 0 Å². The fourth-order valence-corrected chi connectivity index (χ4v) is 2.55. The molecule has 1 saturated carbocycles. The van der Waals surface area contributed by atoms with Crippen LogP contribution in [0.2, 0.25) is 0 Å². The highest BCUT2D eigenvalue weighted by molar-refractivity contribution is 5.92. The minimum Gasteiger partial charge on any atom is -0.481 e. The summed E-state index contributed by atoms with van der Waals surface area (Å²) in [6.07, 6.45) is 1.85. The molecular formula is C14H18N2O3. The lowest BCUT2D eigenvalue weighted by molar-refractivity contribution is -0.141. The number of amides is 1. The molecule has 0 radical (unpaired) electrons. The molecular weight excluding hydrogens is 244 g/mol. The SMILES string of the molecule is Cc1cc(C)nc(C(=O)N[C@H]2CC[C@@H](C(=O)O)C2)c1. The average Bonchev–Trinajstić information content (AvgIpc) is 2.76. The Morgan fingerprint density at radius 2 is 2.05 bits per heavy atom. The monoisotopic (exact) mass is 262 g/mol. The van der Waals surface area contributed by atoms with Gasteiger partial charge >= 0.3 is 5.97 Å².